The molecule has 1 aliphatic rings. The Morgan fingerprint density at radius 2 is 0.732 bits per heavy atom. The predicted molar refractivity (Wildman–Crippen MR) is 301 cm³/mol. The van der Waals surface area contributed by atoms with Gasteiger partial charge in [0.1, 0.15) is 0 Å². The summed E-state index contributed by atoms with van der Waals surface area (Å²) in [5.41, 5.74) is 21.3. The zero-order chi connectivity index (χ0) is 47.3. The smallest absolute Gasteiger partial charge is 0.0543 e. The van der Waals surface area contributed by atoms with Gasteiger partial charge >= 0.3 is 0 Å². The molecule has 1 atom stereocenters. The largest absolute Gasteiger partial charge is 0.310 e. The summed E-state index contributed by atoms with van der Waals surface area (Å²) in [7, 11) is 0. The maximum absolute atomic E-state index is 2.52. The normalized spacial score (nSPS) is 13.8. The van der Waals surface area contributed by atoms with Crippen LogP contribution in [0.15, 0.2) is 279 Å². The molecule has 1 nitrogen and oxygen atoms in total. The third kappa shape index (κ3) is 7.17. The van der Waals surface area contributed by atoms with E-state index in [2.05, 4.69) is 291 Å². The van der Waals surface area contributed by atoms with Crippen molar-refractivity contribution < 1.29 is 0 Å². The zero-order valence-electron chi connectivity index (χ0n) is 39.5. The van der Waals surface area contributed by atoms with Gasteiger partial charge in [-0.05, 0) is 149 Å². The van der Waals surface area contributed by atoms with Crippen LogP contribution in [0.25, 0.3) is 88.3 Å². The van der Waals surface area contributed by atoms with Crippen LogP contribution in [0.3, 0.4) is 0 Å². The van der Waals surface area contributed by atoms with Gasteiger partial charge in [-0.25, -0.2) is 0 Å². The second-order valence-corrected chi connectivity index (χ2v) is 18.9. The van der Waals surface area contributed by atoms with Crippen molar-refractivity contribution in [2.45, 2.75) is 12.3 Å². The van der Waals surface area contributed by atoms with Crippen molar-refractivity contribution in [2.75, 3.05) is 4.90 Å². The van der Waals surface area contributed by atoms with Gasteiger partial charge in [-0.3, -0.25) is 0 Å². The van der Waals surface area contributed by atoms with E-state index in [1.807, 2.05) is 0 Å². The van der Waals surface area contributed by atoms with Crippen molar-refractivity contribution in [1.29, 1.82) is 0 Å². The van der Waals surface area contributed by atoms with E-state index in [4.69, 9.17) is 0 Å². The molecule has 0 saturated heterocycles. The summed E-state index contributed by atoms with van der Waals surface area (Å²) in [5.74, 6) is 0. The summed E-state index contributed by atoms with van der Waals surface area (Å²) in [6, 6.07) is 103. The van der Waals surface area contributed by atoms with E-state index in [1.165, 1.54) is 82.7 Å². The van der Waals surface area contributed by atoms with Crippen LogP contribution < -0.4 is 4.90 Å². The van der Waals surface area contributed by atoms with Crippen LogP contribution in [0, 0.1) is 0 Å². The second kappa shape index (κ2) is 17.5. The highest BCUT2D eigenvalue weighted by Crippen LogP contribution is 2.57. The molecule has 1 aliphatic carbocycles. The highest BCUT2D eigenvalue weighted by Gasteiger charge is 2.42. The summed E-state index contributed by atoms with van der Waals surface area (Å²) < 4.78 is 0. The van der Waals surface area contributed by atoms with Crippen LogP contribution in [-0.4, -0.2) is 0 Å². The Labute approximate surface area is 416 Å². The summed E-state index contributed by atoms with van der Waals surface area (Å²) in [6.45, 7) is 2.40. The lowest BCUT2D eigenvalue weighted by molar-refractivity contribution is 0.714. The highest BCUT2D eigenvalue weighted by atomic mass is 15.1. The maximum atomic E-state index is 2.52. The standard InChI is InChI=1S/C70H49N/c1-70(56-32-15-6-16-33-56)64-38-20-19-37-62(64)69-65(70)39-22-40-66(69)71(58-45-54(48-23-7-2-8-24-48)43-55(46-58)49-25-9-3-10-26-49)57-34-21-31-52(44-57)53-41-42-60-59-35-17-18-36-61(59)67(50-27-11-4-12-28-50)68(63(60)47-53)51-29-13-5-14-30-51/h2-47H,1H3. The number of fused-ring (bicyclic) bond motifs is 6. The molecule has 0 spiro atoms. The van der Waals surface area contributed by atoms with Gasteiger partial charge in [0.2, 0.25) is 0 Å². The first-order valence-corrected chi connectivity index (χ1v) is 24.7. The molecular weight excluding hydrogens is 855 g/mol. The van der Waals surface area contributed by atoms with Crippen molar-refractivity contribution in [3.05, 3.63) is 296 Å². The van der Waals surface area contributed by atoms with Gasteiger partial charge in [0.25, 0.3) is 0 Å². The molecule has 71 heavy (non-hydrogen) atoms. The van der Waals surface area contributed by atoms with Crippen molar-refractivity contribution in [1.82, 2.24) is 0 Å². The molecule has 0 heterocycles. The lowest BCUT2D eigenvalue weighted by Crippen LogP contribution is -2.22. The molecule has 0 bridgehead atoms. The number of benzene rings is 12. The van der Waals surface area contributed by atoms with Crippen LogP contribution in [0.4, 0.5) is 17.1 Å². The fourth-order valence-corrected chi connectivity index (χ4v) is 11.6. The van der Waals surface area contributed by atoms with E-state index in [0.717, 1.165) is 39.3 Å². The first kappa shape index (κ1) is 42.1. The van der Waals surface area contributed by atoms with Crippen molar-refractivity contribution >= 4 is 38.6 Å². The number of nitrogens with zero attached hydrogens (tertiary/aromatic N) is 1. The molecule has 0 aliphatic heterocycles. The minimum Gasteiger partial charge on any atom is -0.310 e. The Bertz CT molecular complexity index is 3860. The minimum atomic E-state index is -0.359. The molecule has 334 valence electrons. The molecule has 12 aromatic rings. The van der Waals surface area contributed by atoms with Crippen molar-refractivity contribution in [3.63, 3.8) is 0 Å². The Kier molecular flexibility index (Phi) is 10.4. The van der Waals surface area contributed by atoms with Crippen molar-refractivity contribution in [2.24, 2.45) is 0 Å². The lowest BCUT2D eigenvalue weighted by atomic mass is 9.74. The Hall–Kier alpha value is -9.04. The van der Waals surface area contributed by atoms with Crippen LogP contribution in [0.2, 0.25) is 0 Å². The van der Waals surface area contributed by atoms with Crippen LogP contribution in [0.5, 0.6) is 0 Å². The molecule has 0 amide bonds. The summed E-state index contributed by atoms with van der Waals surface area (Å²) in [6.07, 6.45) is 0. The van der Waals surface area contributed by atoms with Gasteiger partial charge in [-0.1, -0.05) is 237 Å². The van der Waals surface area contributed by atoms with E-state index in [9.17, 15) is 0 Å². The van der Waals surface area contributed by atoms with Gasteiger partial charge < -0.3 is 4.90 Å². The Morgan fingerprint density at radius 3 is 1.38 bits per heavy atom. The molecule has 0 N–H and O–H groups in total. The molecule has 0 radical (unpaired) electrons. The van der Waals surface area contributed by atoms with Gasteiger partial charge in [0.05, 0.1) is 5.69 Å². The Balaban J connectivity index is 1.07. The molecule has 0 saturated carbocycles. The average Bonchev–Trinajstić information content (AvgIpc) is 3.72. The predicted octanol–water partition coefficient (Wildman–Crippen LogP) is 19.1. The quantitative estimate of drug-likeness (QED) is 0.130. The number of hydrogen-bond donors (Lipinski definition) is 0. The lowest BCUT2D eigenvalue weighted by Gasteiger charge is -2.31. The van der Waals surface area contributed by atoms with E-state index in [1.54, 1.807) is 0 Å². The van der Waals surface area contributed by atoms with E-state index in [0.29, 0.717) is 0 Å². The molecule has 13 rings (SSSR count). The molecular formula is C70H49N. The molecule has 1 unspecified atom stereocenters. The molecule has 1 heteroatoms. The van der Waals surface area contributed by atoms with E-state index < -0.39 is 0 Å². The third-order valence-corrected chi connectivity index (χ3v) is 14.9. The summed E-state index contributed by atoms with van der Waals surface area (Å²) >= 11 is 0. The number of anilines is 3. The van der Waals surface area contributed by atoms with Gasteiger partial charge in [0.15, 0.2) is 0 Å². The topological polar surface area (TPSA) is 3.24 Å². The third-order valence-electron chi connectivity index (χ3n) is 14.9. The number of rotatable bonds is 9. The highest BCUT2D eigenvalue weighted by molar-refractivity contribution is 6.22. The second-order valence-electron chi connectivity index (χ2n) is 18.9. The zero-order valence-corrected chi connectivity index (χ0v) is 39.5. The van der Waals surface area contributed by atoms with Gasteiger partial charge in [-0.2, -0.15) is 0 Å². The average molecular weight is 904 g/mol. The molecule has 0 aromatic heterocycles. The number of hydrogen-bond acceptors (Lipinski definition) is 1. The first-order valence-electron chi connectivity index (χ1n) is 24.7. The van der Waals surface area contributed by atoms with Gasteiger partial charge in [-0.15, -0.1) is 0 Å². The van der Waals surface area contributed by atoms with E-state index >= 15 is 0 Å². The van der Waals surface area contributed by atoms with E-state index in [-0.39, 0.29) is 5.41 Å². The monoisotopic (exact) mass is 903 g/mol. The minimum absolute atomic E-state index is 0.359. The molecule has 0 fully saturated rings. The van der Waals surface area contributed by atoms with Gasteiger partial charge in [0, 0.05) is 22.4 Å². The Morgan fingerprint density at radius 1 is 0.268 bits per heavy atom. The maximum Gasteiger partial charge on any atom is 0.0543 e. The van der Waals surface area contributed by atoms with Crippen LogP contribution in [0.1, 0.15) is 23.6 Å². The fraction of sp³-hybridized carbons (Fsp3) is 0.0286. The van der Waals surface area contributed by atoms with Crippen LogP contribution >= 0.6 is 0 Å². The first-order chi connectivity index (χ1) is 35.1. The fourth-order valence-electron chi connectivity index (χ4n) is 11.6. The van der Waals surface area contributed by atoms with Crippen LogP contribution in [-0.2, 0) is 5.41 Å². The summed E-state index contributed by atoms with van der Waals surface area (Å²) in [5, 5.41) is 4.98. The van der Waals surface area contributed by atoms with Crippen molar-refractivity contribution in [3.8, 4) is 66.8 Å². The molecule has 12 aromatic carbocycles. The SMILES string of the molecule is CC1(c2ccccc2)c2ccccc2-c2c(N(c3cccc(-c4ccc5c(c4)c(-c4ccccc4)c(-c4ccccc4)c4ccccc45)c3)c3cc(-c4ccccc4)cc(-c4ccccc4)c3)cccc21. The summed E-state index contributed by atoms with van der Waals surface area (Å²) in [4.78, 5) is 2.52.